The lowest BCUT2D eigenvalue weighted by molar-refractivity contribution is -0.137. The molecule has 1 aromatic carbocycles. The van der Waals surface area contributed by atoms with Crippen LogP contribution in [0.25, 0.3) is 0 Å². The zero-order valence-corrected chi connectivity index (χ0v) is 14.9. The normalized spacial score (nSPS) is 25.5. The summed E-state index contributed by atoms with van der Waals surface area (Å²) in [7, 11) is 0. The second kappa shape index (κ2) is 7.43. The Morgan fingerprint density at radius 3 is 2.73 bits per heavy atom. The molecule has 0 unspecified atom stereocenters. The summed E-state index contributed by atoms with van der Waals surface area (Å²) in [5.74, 6) is -0.902. The van der Waals surface area contributed by atoms with Gasteiger partial charge in [-0.2, -0.15) is 0 Å². The maximum absolute atomic E-state index is 12.9. The van der Waals surface area contributed by atoms with E-state index >= 15 is 0 Å². The molecular weight excluding hydrogens is 337 g/mol. The molecule has 2 atom stereocenters. The quantitative estimate of drug-likeness (QED) is 0.787. The summed E-state index contributed by atoms with van der Waals surface area (Å²) in [4.78, 5) is 38.2. The number of nitrogens with zero attached hydrogens (tertiary/aromatic N) is 1. The number of urea groups is 1. The van der Waals surface area contributed by atoms with Crippen molar-refractivity contribution in [3.05, 3.63) is 35.6 Å². The predicted molar refractivity (Wildman–Crippen MR) is 93.7 cm³/mol. The van der Waals surface area contributed by atoms with Gasteiger partial charge in [0.25, 0.3) is 5.91 Å². The van der Waals surface area contributed by atoms with Gasteiger partial charge in [-0.15, -0.1) is 0 Å². The molecule has 4 amide bonds. The summed E-state index contributed by atoms with van der Waals surface area (Å²) >= 11 is 0. The number of rotatable bonds is 5. The minimum atomic E-state index is -0.844. The number of hydrogen-bond donors (Lipinski definition) is 2. The Kier molecular flexibility index (Phi) is 5.25. The van der Waals surface area contributed by atoms with Gasteiger partial charge >= 0.3 is 6.03 Å². The Bertz CT molecular complexity index is 706. The van der Waals surface area contributed by atoms with E-state index in [9.17, 15) is 18.8 Å². The third-order valence-electron chi connectivity index (χ3n) is 5.45. The minimum absolute atomic E-state index is 0.0687. The zero-order valence-electron chi connectivity index (χ0n) is 14.9. The minimum Gasteiger partial charge on any atom is -0.354 e. The van der Waals surface area contributed by atoms with E-state index < -0.39 is 11.6 Å². The number of carbonyl (C=O) groups excluding carboxylic acids is 3. The Balaban J connectivity index is 1.53. The van der Waals surface area contributed by atoms with Gasteiger partial charge in [0.1, 0.15) is 17.9 Å². The summed E-state index contributed by atoms with van der Waals surface area (Å²) in [6.45, 7) is 2.06. The van der Waals surface area contributed by atoms with Crippen molar-refractivity contribution in [1.82, 2.24) is 15.5 Å². The SMILES string of the molecule is C[C@H]1CCCC[C@]12NC(=O)N(CC(=O)NCCc1ccc(F)cc1)C2=O. The monoisotopic (exact) mass is 361 g/mol. The molecule has 6 nitrogen and oxygen atoms in total. The highest BCUT2D eigenvalue weighted by molar-refractivity contribution is 6.09. The van der Waals surface area contributed by atoms with Gasteiger partial charge in [0.15, 0.2) is 0 Å². The molecule has 0 bridgehead atoms. The second-order valence-corrected chi connectivity index (χ2v) is 7.17. The van der Waals surface area contributed by atoms with Crippen molar-refractivity contribution in [2.24, 2.45) is 5.92 Å². The molecule has 7 heteroatoms. The van der Waals surface area contributed by atoms with Crippen LogP contribution in [0.5, 0.6) is 0 Å². The molecule has 1 spiro atoms. The fourth-order valence-corrected chi connectivity index (χ4v) is 3.84. The Morgan fingerprint density at radius 1 is 1.31 bits per heavy atom. The van der Waals surface area contributed by atoms with Crippen LogP contribution in [-0.2, 0) is 16.0 Å². The molecule has 3 rings (SSSR count). The Labute approximate surface area is 152 Å². The van der Waals surface area contributed by atoms with Gasteiger partial charge in [0, 0.05) is 6.54 Å². The van der Waals surface area contributed by atoms with E-state index in [0.717, 1.165) is 29.7 Å². The molecule has 1 aliphatic heterocycles. The maximum atomic E-state index is 12.9. The lowest BCUT2D eigenvalue weighted by Gasteiger charge is -2.36. The maximum Gasteiger partial charge on any atom is 0.325 e. The van der Waals surface area contributed by atoms with Crippen LogP contribution in [0.1, 0.15) is 38.2 Å². The molecule has 0 radical (unpaired) electrons. The first-order valence-electron chi connectivity index (χ1n) is 9.07. The van der Waals surface area contributed by atoms with Gasteiger partial charge in [0.05, 0.1) is 0 Å². The molecule has 1 aromatic rings. The summed E-state index contributed by atoms with van der Waals surface area (Å²) in [5, 5.41) is 5.54. The van der Waals surface area contributed by atoms with Crippen molar-refractivity contribution in [2.75, 3.05) is 13.1 Å². The summed E-state index contributed by atoms with van der Waals surface area (Å²) < 4.78 is 12.9. The number of carbonyl (C=O) groups is 3. The molecule has 140 valence electrons. The number of nitrogens with one attached hydrogen (secondary N) is 2. The molecular formula is C19H24FN3O3. The third kappa shape index (κ3) is 3.57. The standard InChI is InChI=1S/C19H24FN3O3/c1-13-4-2-3-10-19(13)17(25)23(18(26)22-19)12-16(24)21-11-9-14-5-7-15(20)8-6-14/h5-8,13H,2-4,9-12H2,1H3,(H,21,24)(H,22,26)/t13-,19-/m0/s1. The number of halogens is 1. The first kappa shape index (κ1) is 18.4. The summed E-state index contributed by atoms with van der Waals surface area (Å²) in [6.07, 6.45) is 4.02. The fraction of sp³-hybridized carbons (Fsp3) is 0.526. The van der Waals surface area contributed by atoms with Crippen molar-refractivity contribution in [3.8, 4) is 0 Å². The van der Waals surface area contributed by atoms with E-state index in [1.807, 2.05) is 6.92 Å². The van der Waals surface area contributed by atoms with Gasteiger partial charge < -0.3 is 10.6 Å². The molecule has 1 saturated heterocycles. The number of hydrogen-bond acceptors (Lipinski definition) is 3. The summed E-state index contributed by atoms with van der Waals surface area (Å²) in [5.41, 5.74) is 0.0562. The highest BCUT2D eigenvalue weighted by Gasteiger charge is 2.55. The van der Waals surface area contributed by atoms with Crippen LogP contribution in [0.2, 0.25) is 0 Å². The average Bonchev–Trinajstić information content (AvgIpc) is 2.84. The van der Waals surface area contributed by atoms with E-state index in [0.29, 0.717) is 19.4 Å². The largest absolute Gasteiger partial charge is 0.354 e. The topological polar surface area (TPSA) is 78.5 Å². The van der Waals surface area contributed by atoms with Crippen LogP contribution >= 0.6 is 0 Å². The molecule has 1 heterocycles. The molecule has 2 N–H and O–H groups in total. The average molecular weight is 361 g/mol. The number of benzene rings is 1. The molecule has 2 aliphatic rings. The van der Waals surface area contributed by atoms with Gasteiger partial charge in [-0.1, -0.05) is 31.9 Å². The zero-order chi connectivity index (χ0) is 18.7. The first-order valence-corrected chi connectivity index (χ1v) is 9.07. The smallest absolute Gasteiger partial charge is 0.325 e. The molecule has 1 saturated carbocycles. The van der Waals surface area contributed by atoms with Crippen LogP contribution in [0.15, 0.2) is 24.3 Å². The Hall–Kier alpha value is -2.44. The van der Waals surface area contributed by atoms with E-state index in [1.165, 1.54) is 12.1 Å². The van der Waals surface area contributed by atoms with Crippen LogP contribution in [-0.4, -0.2) is 41.4 Å². The van der Waals surface area contributed by atoms with Crippen molar-refractivity contribution < 1.29 is 18.8 Å². The molecule has 26 heavy (non-hydrogen) atoms. The van der Waals surface area contributed by atoms with Crippen molar-refractivity contribution in [1.29, 1.82) is 0 Å². The number of imide groups is 1. The van der Waals surface area contributed by atoms with Gasteiger partial charge in [-0.05, 0) is 42.9 Å². The van der Waals surface area contributed by atoms with E-state index in [4.69, 9.17) is 0 Å². The van der Waals surface area contributed by atoms with E-state index in [-0.39, 0.29) is 30.1 Å². The Morgan fingerprint density at radius 2 is 2.04 bits per heavy atom. The van der Waals surface area contributed by atoms with Crippen LogP contribution in [0, 0.1) is 11.7 Å². The second-order valence-electron chi connectivity index (χ2n) is 7.17. The predicted octanol–water partition coefficient (Wildman–Crippen LogP) is 1.99. The van der Waals surface area contributed by atoms with Crippen LogP contribution < -0.4 is 10.6 Å². The third-order valence-corrected chi connectivity index (χ3v) is 5.45. The highest BCUT2D eigenvalue weighted by atomic mass is 19.1. The van der Waals surface area contributed by atoms with Crippen molar-refractivity contribution in [2.45, 2.75) is 44.6 Å². The van der Waals surface area contributed by atoms with Crippen molar-refractivity contribution >= 4 is 17.8 Å². The van der Waals surface area contributed by atoms with Gasteiger partial charge in [-0.25, -0.2) is 9.18 Å². The lowest BCUT2D eigenvalue weighted by atomic mass is 9.73. The molecule has 1 aliphatic carbocycles. The van der Waals surface area contributed by atoms with Crippen LogP contribution in [0.3, 0.4) is 0 Å². The lowest BCUT2D eigenvalue weighted by Crippen LogP contribution is -2.54. The van der Waals surface area contributed by atoms with E-state index in [1.54, 1.807) is 12.1 Å². The first-order chi connectivity index (χ1) is 12.4. The molecule has 0 aromatic heterocycles. The fourth-order valence-electron chi connectivity index (χ4n) is 3.84. The van der Waals surface area contributed by atoms with Crippen LogP contribution in [0.4, 0.5) is 9.18 Å². The van der Waals surface area contributed by atoms with Crippen molar-refractivity contribution in [3.63, 3.8) is 0 Å². The van der Waals surface area contributed by atoms with Gasteiger partial charge in [-0.3, -0.25) is 14.5 Å². The molecule has 2 fully saturated rings. The van der Waals surface area contributed by atoms with Gasteiger partial charge in [0.2, 0.25) is 5.91 Å². The van der Waals surface area contributed by atoms with E-state index in [2.05, 4.69) is 10.6 Å². The number of amides is 4. The highest BCUT2D eigenvalue weighted by Crippen LogP contribution is 2.38. The summed E-state index contributed by atoms with van der Waals surface area (Å²) in [6, 6.07) is 5.57.